The molecule has 166 valence electrons. The lowest BCUT2D eigenvalue weighted by Gasteiger charge is -2.33. The van der Waals surface area contributed by atoms with Gasteiger partial charge in [-0.05, 0) is 64.8 Å². The third-order valence-electron chi connectivity index (χ3n) is 5.61. The lowest BCUT2D eigenvalue weighted by atomic mass is 10.0. The highest BCUT2D eigenvalue weighted by atomic mass is 127. The predicted octanol–water partition coefficient (Wildman–Crippen LogP) is 3.26. The fourth-order valence-corrected chi connectivity index (χ4v) is 3.84. The largest absolute Gasteiger partial charge is 0.381 e. The zero-order chi connectivity index (χ0) is 19.2. The summed E-state index contributed by atoms with van der Waals surface area (Å²) in [7, 11) is 0. The summed E-state index contributed by atoms with van der Waals surface area (Å²) in [6.45, 7) is 13.1. The van der Waals surface area contributed by atoms with E-state index in [-0.39, 0.29) is 24.0 Å². The topological polar surface area (TPSA) is 58.1 Å². The number of hydrogen-bond donors (Lipinski definition) is 2. The second-order valence-corrected chi connectivity index (χ2v) is 7.91. The Labute approximate surface area is 189 Å². The van der Waals surface area contributed by atoms with Crippen LogP contribution in [0, 0.1) is 5.92 Å². The van der Waals surface area contributed by atoms with Gasteiger partial charge in [0, 0.05) is 58.6 Å². The Balaban J connectivity index is 0.00000392. The van der Waals surface area contributed by atoms with Crippen LogP contribution < -0.4 is 10.6 Å². The highest BCUT2D eigenvalue weighted by Crippen LogP contribution is 2.16. The lowest BCUT2D eigenvalue weighted by molar-refractivity contribution is 0.0205. The average Bonchev–Trinajstić information content (AvgIpc) is 2.69. The van der Waals surface area contributed by atoms with E-state index in [0.29, 0.717) is 5.92 Å². The molecule has 7 heteroatoms. The molecule has 2 N–H and O–H groups in total. The molecule has 1 atom stereocenters. The Bertz CT molecular complexity index is 406. The summed E-state index contributed by atoms with van der Waals surface area (Å²) in [5.41, 5.74) is 0. The molecule has 2 rings (SSSR count). The van der Waals surface area contributed by atoms with E-state index >= 15 is 0 Å². The molecule has 2 heterocycles. The average molecular weight is 511 g/mol. The molecule has 0 aromatic rings. The zero-order valence-electron chi connectivity index (χ0n) is 18.1. The van der Waals surface area contributed by atoms with Crippen LogP contribution in [0.2, 0.25) is 0 Å². The van der Waals surface area contributed by atoms with Crippen LogP contribution in [0.15, 0.2) is 4.99 Å². The molecule has 0 aromatic heterocycles. The Morgan fingerprint density at radius 1 is 1.14 bits per heavy atom. The summed E-state index contributed by atoms with van der Waals surface area (Å²) < 4.78 is 11.2. The molecule has 2 fully saturated rings. The van der Waals surface area contributed by atoms with Crippen LogP contribution in [0.25, 0.3) is 0 Å². The normalized spacial score (nSPS) is 21.9. The minimum Gasteiger partial charge on any atom is -0.381 e. The van der Waals surface area contributed by atoms with E-state index in [1.54, 1.807) is 0 Å². The first-order chi connectivity index (χ1) is 13.3. The number of piperidine rings is 1. The van der Waals surface area contributed by atoms with Gasteiger partial charge in [-0.1, -0.05) is 6.42 Å². The zero-order valence-corrected chi connectivity index (χ0v) is 20.4. The van der Waals surface area contributed by atoms with Crippen LogP contribution >= 0.6 is 24.0 Å². The standard InChI is InChI=1S/C21H42N4O2.HI/c1-3-22-21(23-11-6-14-25-13-5-4-8-19(25)2)24-12-7-15-27-18-20-9-16-26-17-10-20;/h19-20H,3-18H2,1-2H3,(H2,22,23,24);1H. The number of nitrogens with zero attached hydrogens (tertiary/aromatic N) is 2. The Hall–Kier alpha value is -0.120. The third-order valence-corrected chi connectivity index (χ3v) is 5.61. The van der Waals surface area contributed by atoms with Crippen LogP contribution in [0.5, 0.6) is 0 Å². The molecule has 0 amide bonds. The fraction of sp³-hybridized carbons (Fsp3) is 0.952. The van der Waals surface area contributed by atoms with Crippen molar-refractivity contribution in [1.82, 2.24) is 15.5 Å². The molecule has 0 spiro atoms. The third kappa shape index (κ3) is 11.2. The van der Waals surface area contributed by atoms with Crippen molar-refractivity contribution in [3.8, 4) is 0 Å². The molecule has 0 aromatic carbocycles. The number of rotatable bonds is 11. The van der Waals surface area contributed by atoms with E-state index in [1.807, 2.05) is 0 Å². The monoisotopic (exact) mass is 510 g/mol. The Kier molecular flexibility index (Phi) is 15.4. The molecule has 0 bridgehead atoms. The number of aliphatic imine (C=N–C) groups is 1. The molecule has 1 unspecified atom stereocenters. The fourth-order valence-electron chi connectivity index (χ4n) is 3.84. The molecular weight excluding hydrogens is 467 g/mol. The molecule has 0 saturated carbocycles. The van der Waals surface area contributed by atoms with E-state index in [9.17, 15) is 0 Å². The summed E-state index contributed by atoms with van der Waals surface area (Å²) >= 11 is 0. The minimum atomic E-state index is 0. The summed E-state index contributed by atoms with van der Waals surface area (Å²) in [5.74, 6) is 1.62. The van der Waals surface area contributed by atoms with Gasteiger partial charge in [-0.3, -0.25) is 4.99 Å². The van der Waals surface area contributed by atoms with Crippen molar-refractivity contribution in [3.05, 3.63) is 0 Å². The van der Waals surface area contributed by atoms with Crippen molar-refractivity contribution >= 4 is 29.9 Å². The first kappa shape index (κ1) is 25.9. The second-order valence-electron chi connectivity index (χ2n) is 7.91. The van der Waals surface area contributed by atoms with Gasteiger partial charge < -0.3 is 25.0 Å². The first-order valence-electron chi connectivity index (χ1n) is 11.2. The summed E-state index contributed by atoms with van der Waals surface area (Å²) in [4.78, 5) is 7.31. The number of nitrogens with one attached hydrogen (secondary N) is 2. The van der Waals surface area contributed by atoms with Crippen LogP contribution in [0.4, 0.5) is 0 Å². The number of guanidine groups is 1. The van der Waals surface area contributed by atoms with Gasteiger partial charge in [0.2, 0.25) is 0 Å². The number of hydrogen-bond acceptors (Lipinski definition) is 4. The van der Waals surface area contributed by atoms with E-state index in [0.717, 1.165) is 77.3 Å². The molecule has 28 heavy (non-hydrogen) atoms. The highest BCUT2D eigenvalue weighted by Gasteiger charge is 2.17. The van der Waals surface area contributed by atoms with E-state index < -0.39 is 0 Å². The van der Waals surface area contributed by atoms with Gasteiger partial charge in [0.05, 0.1) is 0 Å². The lowest BCUT2D eigenvalue weighted by Crippen LogP contribution is -2.41. The summed E-state index contributed by atoms with van der Waals surface area (Å²) in [6, 6.07) is 0.752. The SMILES string of the molecule is CCNC(=NCCCOCC1CCOCC1)NCCCN1CCCCC1C.I. The van der Waals surface area contributed by atoms with E-state index in [2.05, 4.69) is 34.4 Å². The molecule has 2 aliphatic heterocycles. The van der Waals surface area contributed by atoms with Crippen molar-refractivity contribution in [3.63, 3.8) is 0 Å². The van der Waals surface area contributed by atoms with Gasteiger partial charge in [-0.2, -0.15) is 0 Å². The van der Waals surface area contributed by atoms with Crippen molar-refractivity contribution in [2.24, 2.45) is 10.9 Å². The molecule has 0 aliphatic carbocycles. The van der Waals surface area contributed by atoms with Gasteiger partial charge in [0.1, 0.15) is 0 Å². The van der Waals surface area contributed by atoms with Crippen molar-refractivity contribution < 1.29 is 9.47 Å². The number of halogens is 1. The van der Waals surface area contributed by atoms with E-state index in [4.69, 9.17) is 9.47 Å². The van der Waals surface area contributed by atoms with E-state index in [1.165, 1.54) is 38.8 Å². The first-order valence-corrected chi connectivity index (χ1v) is 11.2. The molecule has 2 saturated heterocycles. The van der Waals surface area contributed by atoms with Crippen LogP contribution in [0.1, 0.15) is 58.8 Å². The minimum absolute atomic E-state index is 0. The molecule has 6 nitrogen and oxygen atoms in total. The van der Waals surface area contributed by atoms with Crippen molar-refractivity contribution in [2.75, 3.05) is 59.2 Å². The Morgan fingerprint density at radius 3 is 2.71 bits per heavy atom. The molecular formula is C21H43IN4O2. The van der Waals surface area contributed by atoms with Crippen LogP contribution in [-0.2, 0) is 9.47 Å². The van der Waals surface area contributed by atoms with Crippen molar-refractivity contribution in [1.29, 1.82) is 0 Å². The number of likely N-dealkylation sites (tertiary alicyclic amines) is 1. The molecule has 2 aliphatic rings. The van der Waals surface area contributed by atoms with Gasteiger partial charge >= 0.3 is 0 Å². The smallest absolute Gasteiger partial charge is 0.191 e. The van der Waals surface area contributed by atoms with Crippen LogP contribution in [0.3, 0.4) is 0 Å². The maximum atomic E-state index is 5.82. The van der Waals surface area contributed by atoms with Crippen molar-refractivity contribution in [2.45, 2.75) is 64.8 Å². The quantitative estimate of drug-likeness (QED) is 0.194. The highest BCUT2D eigenvalue weighted by molar-refractivity contribution is 14.0. The van der Waals surface area contributed by atoms with Crippen LogP contribution in [-0.4, -0.2) is 76.1 Å². The second kappa shape index (κ2) is 16.7. The number of ether oxygens (including phenoxy) is 2. The van der Waals surface area contributed by atoms with Gasteiger partial charge in [-0.25, -0.2) is 0 Å². The molecule has 0 radical (unpaired) electrons. The maximum Gasteiger partial charge on any atom is 0.191 e. The summed E-state index contributed by atoms with van der Waals surface area (Å²) in [6.07, 6.45) is 8.54. The maximum absolute atomic E-state index is 5.82. The van der Waals surface area contributed by atoms with Gasteiger partial charge in [0.15, 0.2) is 5.96 Å². The van der Waals surface area contributed by atoms with Gasteiger partial charge in [-0.15, -0.1) is 24.0 Å². The predicted molar refractivity (Wildman–Crippen MR) is 128 cm³/mol. The summed E-state index contributed by atoms with van der Waals surface area (Å²) in [5, 5.41) is 6.82. The van der Waals surface area contributed by atoms with Gasteiger partial charge in [0.25, 0.3) is 0 Å². The Morgan fingerprint density at radius 2 is 1.96 bits per heavy atom.